The molecule has 0 aromatic carbocycles. The number of H-pyrrole nitrogens is 1. The Balaban J connectivity index is 1.95. The average Bonchev–Trinajstić information content (AvgIpc) is 2.84. The zero-order chi connectivity index (χ0) is 12.4. The number of aromatic amines is 1. The van der Waals surface area contributed by atoms with Gasteiger partial charge in [0.1, 0.15) is 0 Å². The van der Waals surface area contributed by atoms with E-state index in [-0.39, 0.29) is 24.3 Å². The summed E-state index contributed by atoms with van der Waals surface area (Å²) in [7, 11) is 0. The van der Waals surface area contributed by atoms with Crippen LogP contribution >= 0.6 is 0 Å². The van der Waals surface area contributed by atoms with Crippen LogP contribution in [0.4, 0.5) is 0 Å². The topological polar surface area (TPSA) is 78.1 Å². The SMILES string of the molecule is CC(C)N1C(=O)CC(NCc2cn[nH]c2)C1=O. The van der Waals surface area contributed by atoms with E-state index < -0.39 is 6.04 Å². The molecule has 1 unspecified atom stereocenters. The number of imide groups is 1. The van der Waals surface area contributed by atoms with E-state index in [9.17, 15) is 9.59 Å². The van der Waals surface area contributed by atoms with Crippen LogP contribution in [0.15, 0.2) is 12.4 Å². The number of carbonyl (C=O) groups excluding carboxylic acids is 2. The summed E-state index contributed by atoms with van der Waals surface area (Å²) < 4.78 is 0. The van der Waals surface area contributed by atoms with E-state index in [2.05, 4.69) is 15.5 Å². The molecule has 1 aliphatic rings. The zero-order valence-electron chi connectivity index (χ0n) is 9.93. The Morgan fingerprint density at radius 3 is 2.88 bits per heavy atom. The molecule has 1 aliphatic heterocycles. The van der Waals surface area contributed by atoms with E-state index in [4.69, 9.17) is 0 Å². The minimum absolute atomic E-state index is 0.0734. The summed E-state index contributed by atoms with van der Waals surface area (Å²) in [4.78, 5) is 24.9. The summed E-state index contributed by atoms with van der Waals surface area (Å²) in [5.74, 6) is -0.233. The van der Waals surface area contributed by atoms with Gasteiger partial charge in [0.05, 0.1) is 18.7 Å². The molecule has 92 valence electrons. The standard InChI is InChI=1S/C11H16N4O2/c1-7(2)15-10(16)3-9(11(15)17)12-4-8-5-13-14-6-8/h5-7,9,12H,3-4H2,1-2H3,(H,13,14). The van der Waals surface area contributed by atoms with E-state index in [0.29, 0.717) is 6.54 Å². The van der Waals surface area contributed by atoms with Crippen molar-refractivity contribution in [2.24, 2.45) is 0 Å². The Labute approximate surface area is 99.4 Å². The third-order valence-corrected chi connectivity index (χ3v) is 2.81. The fourth-order valence-corrected chi connectivity index (χ4v) is 1.97. The second kappa shape index (κ2) is 4.67. The monoisotopic (exact) mass is 236 g/mol. The van der Waals surface area contributed by atoms with E-state index in [1.54, 1.807) is 12.4 Å². The molecule has 6 heteroatoms. The second-order valence-corrected chi connectivity index (χ2v) is 4.44. The summed E-state index contributed by atoms with van der Waals surface area (Å²) in [6.45, 7) is 4.22. The third-order valence-electron chi connectivity index (χ3n) is 2.81. The number of hydrogen-bond acceptors (Lipinski definition) is 4. The lowest BCUT2D eigenvalue weighted by Crippen LogP contribution is -2.41. The Bertz CT molecular complexity index is 413. The predicted octanol–water partition coefficient (Wildman–Crippen LogP) is 0.0352. The molecule has 17 heavy (non-hydrogen) atoms. The van der Waals surface area contributed by atoms with Gasteiger partial charge in [0, 0.05) is 24.3 Å². The van der Waals surface area contributed by atoms with Crippen LogP contribution < -0.4 is 5.32 Å². The molecule has 0 radical (unpaired) electrons. The molecule has 6 nitrogen and oxygen atoms in total. The molecule has 1 saturated heterocycles. The van der Waals surface area contributed by atoms with Crippen molar-refractivity contribution in [1.82, 2.24) is 20.4 Å². The quantitative estimate of drug-likeness (QED) is 0.723. The van der Waals surface area contributed by atoms with Gasteiger partial charge in [-0.2, -0.15) is 5.10 Å². The van der Waals surface area contributed by atoms with Crippen LogP contribution in [-0.2, 0) is 16.1 Å². The van der Waals surface area contributed by atoms with Gasteiger partial charge in [-0.25, -0.2) is 0 Å². The molecule has 0 spiro atoms. The van der Waals surface area contributed by atoms with Gasteiger partial charge in [-0.1, -0.05) is 0 Å². The molecule has 2 N–H and O–H groups in total. The molecular weight excluding hydrogens is 220 g/mol. The molecule has 2 amide bonds. The molecule has 1 fully saturated rings. The summed E-state index contributed by atoms with van der Waals surface area (Å²) in [6, 6.07) is -0.476. The van der Waals surface area contributed by atoms with Crippen LogP contribution in [-0.4, -0.2) is 39.0 Å². The summed E-state index contributed by atoms with van der Waals surface area (Å²) in [5.41, 5.74) is 0.966. The highest BCUT2D eigenvalue weighted by Gasteiger charge is 2.39. The normalized spacial score (nSPS) is 20.6. The van der Waals surface area contributed by atoms with Crippen LogP contribution in [0.1, 0.15) is 25.8 Å². The fraction of sp³-hybridized carbons (Fsp3) is 0.545. The van der Waals surface area contributed by atoms with Crippen molar-refractivity contribution in [2.45, 2.75) is 38.9 Å². The predicted molar refractivity (Wildman–Crippen MR) is 60.8 cm³/mol. The Hall–Kier alpha value is -1.69. The zero-order valence-corrected chi connectivity index (χ0v) is 9.93. The van der Waals surface area contributed by atoms with Crippen LogP contribution in [0.5, 0.6) is 0 Å². The van der Waals surface area contributed by atoms with Crippen molar-refractivity contribution in [3.8, 4) is 0 Å². The third kappa shape index (κ3) is 2.36. The Kier molecular flexibility index (Phi) is 3.23. The van der Waals surface area contributed by atoms with E-state index in [1.807, 2.05) is 13.8 Å². The summed E-state index contributed by atoms with van der Waals surface area (Å²) in [6.07, 6.45) is 3.69. The van der Waals surface area contributed by atoms with Crippen LogP contribution in [0.25, 0.3) is 0 Å². The first-order valence-corrected chi connectivity index (χ1v) is 5.66. The van der Waals surface area contributed by atoms with Crippen molar-refractivity contribution < 1.29 is 9.59 Å². The smallest absolute Gasteiger partial charge is 0.247 e. The number of nitrogens with one attached hydrogen (secondary N) is 2. The number of rotatable bonds is 4. The lowest BCUT2D eigenvalue weighted by atomic mass is 10.2. The van der Waals surface area contributed by atoms with Gasteiger partial charge in [-0.3, -0.25) is 19.6 Å². The van der Waals surface area contributed by atoms with Crippen LogP contribution in [0.3, 0.4) is 0 Å². The largest absolute Gasteiger partial charge is 0.301 e. The Morgan fingerprint density at radius 2 is 2.35 bits per heavy atom. The number of carbonyl (C=O) groups is 2. The van der Waals surface area contributed by atoms with Gasteiger partial charge >= 0.3 is 0 Å². The lowest BCUT2D eigenvalue weighted by molar-refractivity contribution is -0.140. The van der Waals surface area contributed by atoms with Gasteiger partial charge < -0.3 is 5.32 Å². The molecule has 0 bridgehead atoms. The molecule has 1 aromatic rings. The summed E-state index contributed by atoms with van der Waals surface area (Å²) >= 11 is 0. The molecule has 1 atom stereocenters. The average molecular weight is 236 g/mol. The molecule has 2 rings (SSSR count). The van der Waals surface area contributed by atoms with Crippen LogP contribution in [0, 0.1) is 0 Å². The molecule has 1 aromatic heterocycles. The lowest BCUT2D eigenvalue weighted by Gasteiger charge is -2.19. The minimum Gasteiger partial charge on any atom is -0.301 e. The number of amides is 2. The Morgan fingerprint density at radius 1 is 1.59 bits per heavy atom. The first-order valence-electron chi connectivity index (χ1n) is 5.66. The summed E-state index contributed by atoms with van der Waals surface area (Å²) in [5, 5.41) is 9.59. The first kappa shape index (κ1) is 11.8. The fourth-order valence-electron chi connectivity index (χ4n) is 1.97. The molecule has 0 aliphatic carbocycles. The maximum atomic E-state index is 11.9. The van der Waals surface area contributed by atoms with E-state index in [1.165, 1.54) is 4.90 Å². The molecule has 0 saturated carbocycles. The van der Waals surface area contributed by atoms with Crippen molar-refractivity contribution in [3.05, 3.63) is 18.0 Å². The van der Waals surface area contributed by atoms with Crippen molar-refractivity contribution in [1.29, 1.82) is 0 Å². The van der Waals surface area contributed by atoms with Crippen molar-refractivity contribution in [2.75, 3.05) is 0 Å². The number of aromatic nitrogens is 2. The van der Waals surface area contributed by atoms with Gasteiger partial charge in [-0.05, 0) is 13.8 Å². The maximum Gasteiger partial charge on any atom is 0.247 e. The highest BCUT2D eigenvalue weighted by molar-refractivity contribution is 6.05. The van der Waals surface area contributed by atoms with Gasteiger partial charge in [-0.15, -0.1) is 0 Å². The number of hydrogen-bond donors (Lipinski definition) is 2. The van der Waals surface area contributed by atoms with Gasteiger partial charge in [0.2, 0.25) is 11.8 Å². The highest BCUT2D eigenvalue weighted by Crippen LogP contribution is 2.16. The number of nitrogens with zero attached hydrogens (tertiary/aromatic N) is 2. The van der Waals surface area contributed by atoms with E-state index in [0.717, 1.165) is 5.56 Å². The first-order chi connectivity index (χ1) is 8.09. The van der Waals surface area contributed by atoms with Gasteiger partial charge in [0.15, 0.2) is 0 Å². The minimum atomic E-state index is -0.403. The molecular formula is C11H16N4O2. The van der Waals surface area contributed by atoms with Crippen molar-refractivity contribution in [3.63, 3.8) is 0 Å². The maximum absolute atomic E-state index is 11.9. The van der Waals surface area contributed by atoms with Crippen molar-refractivity contribution >= 4 is 11.8 Å². The van der Waals surface area contributed by atoms with Gasteiger partial charge in [0.25, 0.3) is 0 Å². The second-order valence-electron chi connectivity index (χ2n) is 4.44. The van der Waals surface area contributed by atoms with E-state index >= 15 is 0 Å². The highest BCUT2D eigenvalue weighted by atomic mass is 16.2. The van der Waals surface area contributed by atoms with Crippen LogP contribution in [0.2, 0.25) is 0 Å². The molecule has 2 heterocycles. The number of likely N-dealkylation sites (tertiary alicyclic amines) is 1.